The van der Waals surface area contributed by atoms with Crippen molar-refractivity contribution < 1.29 is 28.6 Å². The second-order valence-corrected chi connectivity index (χ2v) is 23.8. The first kappa shape index (κ1) is 74.2. The number of carbonyl (C=O) groups excluding carboxylic acids is 3. The number of carbonyl (C=O) groups is 3. The van der Waals surface area contributed by atoms with Crippen LogP contribution in [0.4, 0.5) is 0 Å². The van der Waals surface area contributed by atoms with Crippen LogP contribution in [0.25, 0.3) is 0 Å². The molecule has 0 aromatic heterocycles. The molecule has 0 amide bonds. The number of allylic oxidation sites excluding steroid dienone is 2. The van der Waals surface area contributed by atoms with Gasteiger partial charge < -0.3 is 14.2 Å². The number of hydrogen-bond donors (Lipinski definition) is 0. The molecule has 0 fully saturated rings. The van der Waals surface area contributed by atoms with Gasteiger partial charge in [0.15, 0.2) is 6.10 Å². The second-order valence-electron chi connectivity index (χ2n) is 23.8. The van der Waals surface area contributed by atoms with Gasteiger partial charge in [0.25, 0.3) is 0 Å². The molecule has 450 valence electrons. The quantitative estimate of drug-likeness (QED) is 0.0261. The molecule has 0 aliphatic heterocycles. The van der Waals surface area contributed by atoms with Gasteiger partial charge in [0.1, 0.15) is 13.2 Å². The first-order chi connectivity index (χ1) is 37.5. The van der Waals surface area contributed by atoms with Gasteiger partial charge in [-0.05, 0) is 44.9 Å². The van der Waals surface area contributed by atoms with Gasteiger partial charge in [-0.15, -0.1) is 0 Å². The summed E-state index contributed by atoms with van der Waals surface area (Å²) in [4.78, 5) is 38.4. The fourth-order valence-corrected chi connectivity index (χ4v) is 10.8. The van der Waals surface area contributed by atoms with E-state index in [9.17, 15) is 14.4 Å². The molecular weight excluding hydrogens is 937 g/mol. The number of ether oxygens (including phenoxy) is 3. The fourth-order valence-electron chi connectivity index (χ4n) is 10.8. The first-order valence-corrected chi connectivity index (χ1v) is 34.7. The van der Waals surface area contributed by atoms with Crippen LogP contribution in [0, 0.1) is 0 Å². The van der Waals surface area contributed by atoms with Gasteiger partial charge in [0, 0.05) is 19.3 Å². The summed E-state index contributed by atoms with van der Waals surface area (Å²) in [5, 5.41) is 0. The van der Waals surface area contributed by atoms with Crippen molar-refractivity contribution in [1.82, 2.24) is 0 Å². The SMILES string of the molecule is CCCCCCCC/C=C\CCCCCCCCCC(=O)OC(COC(=O)CCCCCCCCCCCCCCCC)COC(=O)CCCCCCCCCCCCCCCCCCCCCCCCCCCCC. The zero-order chi connectivity index (χ0) is 55.0. The van der Waals surface area contributed by atoms with E-state index in [1.165, 1.54) is 302 Å². The highest BCUT2D eigenvalue weighted by molar-refractivity contribution is 5.71. The molecule has 1 unspecified atom stereocenters. The molecule has 6 heteroatoms. The largest absolute Gasteiger partial charge is 0.462 e. The Kier molecular flexibility index (Phi) is 64.1. The van der Waals surface area contributed by atoms with Crippen molar-refractivity contribution in [3.63, 3.8) is 0 Å². The average Bonchev–Trinajstić information content (AvgIpc) is 3.42. The molecule has 0 bridgehead atoms. The highest BCUT2D eigenvalue weighted by Crippen LogP contribution is 2.19. The van der Waals surface area contributed by atoms with Crippen molar-refractivity contribution in [2.24, 2.45) is 0 Å². The molecule has 0 aromatic carbocycles. The molecular formula is C70H134O6. The molecule has 0 saturated heterocycles. The Hall–Kier alpha value is -1.85. The minimum absolute atomic E-state index is 0.0650. The van der Waals surface area contributed by atoms with Crippen LogP contribution >= 0.6 is 0 Å². The van der Waals surface area contributed by atoms with Gasteiger partial charge in [-0.3, -0.25) is 14.4 Å². The Labute approximate surface area is 475 Å². The molecule has 0 rings (SSSR count). The minimum Gasteiger partial charge on any atom is -0.462 e. The minimum atomic E-state index is -0.768. The van der Waals surface area contributed by atoms with Gasteiger partial charge in [-0.25, -0.2) is 0 Å². The standard InChI is InChI=1S/C70H134O6/c1-4-7-10-13-16-19-22-25-28-30-31-32-33-34-35-36-37-38-39-41-42-45-48-51-54-57-60-63-69(72)75-66-67(65-74-68(71)62-59-56-53-50-47-44-27-24-21-18-15-12-9-6-3)76-70(73)64-61-58-55-52-49-46-43-40-29-26-23-20-17-14-11-8-5-2/h26,29,67H,4-25,27-28,30-66H2,1-3H3/b29-26-. The molecule has 0 saturated carbocycles. The maximum absolute atomic E-state index is 12.9. The third kappa shape index (κ3) is 63.0. The van der Waals surface area contributed by atoms with E-state index in [0.29, 0.717) is 19.3 Å². The van der Waals surface area contributed by atoms with Gasteiger partial charge >= 0.3 is 17.9 Å². The third-order valence-corrected chi connectivity index (χ3v) is 16.0. The molecule has 0 aromatic rings. The zero-order valence-corrected chi connectivity index (χ0v) is 51.8. The Morgan fingerprint density at radius 2 is 0.434 bits per heavy atom. The second kappa shape index (κ2) is 65.7. The van der Waals surface area contributed by atoms with E-state index in [1.54, 1.807) is 0 Å². The summed E-state index contributed by atoms with van der Waals surface area (Å²) in [6.45, 7) is 6.72. The van der Waals surface area contributed by atoms with E-state index in [-0.39, 0.29) is 31.1 Å². The summed E-state index contributed by atoms with van der Waals surface area (Å²) in [6, 6.07) is 0. The van der Waals surface area contributed by atoms with Crippen molar-refractivity contribution in [2.45, 2.75) is 406 Å². The van der Waals surface area contributed by atoms with Crippen LogP contribution in [0.5, 0.6) is 0 Å². The third-order valence-electron chi connectivity index (χ3n) is 16.0. The summed E-state index contributed by atoms with van der Waals surface area (Å²) in [5.74, 6) is -0.836. The normalized spacial score (nSPS) is 12.0. The summed E-state index contributed by atoms with van der Waals surface area (Å²) in [6.07, 6.45) is 78.1. The molecule has 0 N–H and O–H groups in total. The molecule has 6 nitrogen and oxygen atoms in total. The van der Waals surface area contributed by atoms with Gasteiger partial charge in [0.2, 0.25) is 0 Å². The molecule has 0 aliphatic rings. The van der Waals surface area contributed by atoms with E-state index in [2.05, 4.69) is 32.9 Å². The van der Waals surface area contributed by atoms with Crippen LogP contribution in [-0.2, 0) is 28.6 Å². The van der Waals surface area contributed by atoms with Crippen LogP contribution in [0.3, 0.4) is 0 Å². The van der Waals surface area contributed by atoms with Crippen LogP contribution in [0.15, 0.2) is 12.2 Å². The maximum atomic E-state index is 12.9. The monoisotopic (exact) mass is 1070 g/mol. The predicted octanol–water partition coefficient (Wildman–Crippen LogP) is 23.6. The topological polar surface area (TPSA) is 78.9 Å². The molecule has 0 radical (unpaired) electrons. The van der Waals surface area contributed by atoms with E-state index in [0.717, 1.165) is 57.8 Å². The summed E-state index contributed by atoms with van der Waals surface area (Å²) in [5.41, 5.74) is 0. The first-order valence-electron chi connectivity index (χ1n) is 34.7. The summed E-state index contributed by atoms with van der Waals surface area (Å²) in [7, 11) is 0. The number of unbranched alkanes of at least 4 members (excludes halogenated alkanes) is 52. The van der Waals surface area contributed by atoms with Crippen LogP contribution in [0.1, 0.15) is 400 Å². The highest BCUT2D eigenvalue weighted by atomic mass is 16.6. The van der Waals surface area contributed by atoms with E-state index >= 15 is 0 Å². The van der Waals surface area contributed by atoms with Crippen LogP contribution in [-0.4, -0.2) is 37.2 Å². The predicted molar refractivity (Wildman–Crippen MR) is 330 cm³/mol. The fraction of sp³-hybridized carbons (Fsp3) is 0.929. The lowest BCUT2D eigenvalue weighted by molar-refractivity contribution is -0.167. The Bertz CT molecular complexity index is 1180. The van der Waals surface area contributed by atoms with E-state index < -0.39 is 6.10 Å². The lowest BCUT2D eigenvalue weighted by atomic mass is 10.0. The number of hydrogen-bond acceptors (Lipinski definition) is 6. The van der Waals surface area contributed by atoms with Crippen molar-refractivity contribution in [3.8, 4) is 0 Å². The van der Waals surface area contributed by atoms with Gasteiger partial charge in [-0.2, -0.15) is 0 Å². The van der Waals surface area contributed by atoms with Crippen LogP contribution < -0.4 is 0 Å². The molecule has 0 aliphatic carbocycles. The number of esters is 3. The molecule has 0 spiro atoms. The summed E-state index contributed by atoms with van der Waals surface area (Å²) < 4.78 is 17.0. The van der Waals surface area contributed by atoms with Crippen molar-refractivity contribution >= 4 is 17.9 Å². The lowest BCUT2D eigenvalue weighted by Crippen LogP contribution is -2.30. The van der Waals surface area contributed by atoms with Gasteiger partial charge in [0.05, 0.1) is 0 Å². The highest BCUT2D eigenvalue weighted by Gasteiger charge is 2.19. The Morgan fingerprint density at radius 1 is 0.250 bits per heavy atom. The molecule has 0 heterocycles. The molecule has 1 atom stereocenters. The van der Waals surface area contributed by atoms with Crippen LogP contribution in [0.2, 0.25) is 0 Å². The number of rotatable bonds is 65. The van der Waals surface area contributed by atoms with E-state index in [1.807, 2.05) is 0 Å². The average molecular weight is 1070 g/mol. The smallest absolute Gasteiger partial charge is 0.306 e. The molecule has 76 heavy (non-hydrogen) atoms. The Morgan fingerprint density at radius 3 is 0.658 bits per heavy atom. The van der Waals surface area contributed by atoms with Crippen molar-refractivity contribution in [2.75, 3.05) is 13.2 Å². The van der Waals surface area contributed by atoms with Gasteiger partial charge in [-0.1, -0.05) is 348 Å². The van der Waals surface area contributed by atoms with Crippen molar-refractivity contribution in [3.05, 3.63) is 12.2 Å². The zero-order valence-electron chi connectivity index (χ0n) is 51.8. The van der Waals surface area contributed by atoms with E-state index in [4.69, 9.17) is 14.2 Å². The summed E-state index contributed by atoms with van der Waals surface area (Å²) >= 11 is 0. The van der Waals surface area contributed by atoms with Crippen molar-refractivity contribution in [1.29, 1.82) is 0 Å². The Balaban J connectivity index is 4.18. The lowest BCUT2D eigenvalue weighted by Gasteiger charge is -2.18. The maximum Gasteiger partial charge on any atom is 0.306 e.